The van der Waals surface area contributed by atoms with Gasteiger partial charge in [0, 0.05) is 5.56 Å². The van der Waals surface area contributed by atoms with E-state index in [-0.39, 0.29) is 0 Å². The van der Waals surface area contributed by atoms with Crippen LogP contribution in [0.1, 0.15) is 12.5 Å². The number of para-hydroxylation sites is 1. The summed E-state index contributed by atoms with van der Waals surface area (Å²) in [6, 6.07) is 7.83. The Morgan fingerprint density at radius 1 is 1.47 bits per heavy atom. The summed E-state index contributed by atoms with van der Waals surface area (Å²) in [5.74, 6) is 0.857. The molecule has 0 saturated heterocycles. The molecule has 1 unspecified atom stereocenters. The van der Waals surface area contributed by atoms with E-state index < -0.39 is 5.60 Å². The number of rotatable bonds is 3. The van der Waals surface area contributed by atoms with Crippen molar-refractivity contribution < 1.29 is 9.53 Å². The van der Waals surface area contributed by atoms with Crippen LogP contribution in [-0.2, 0) is 4.79 Å². The molecule has 3 heteroatoms. The molecule has 1 heterocycles. The van der Waals surface area contributed by atoms with Crippen LogP contribution in [0.25, 0.3) is 6.08 Å². The summed E-state index contributed by atoms with van der Waals surface area (Å²) < 4.78 is 5.81. The van der Waals surface area contributed by atoms with Gasteiger partial charge in [-0.1, -0.05) is 24.3 Å². The Balaban J connectivity index is 2.21. The monoisotopic (exact) mass is 203 g/mol. The van der Waals surface area contributed by atoms with Crippen LogP contribution in [0.15, 0.2) is 30.3 Å². The molecule has 0 aromatic heterocycles. The van der Waals surface area contributed by atoms with Crippen LogP contribution in [0.5, 0.6) is 5.75 Å². The number of amides is 1. The van der Waals surface area contributed by atoms with Gasteiger partial charge in [0.15, 0.2) is 0 Å². The van der Waals surface area contributed by atoms with Crippen LogP contribution in [0.2, 0.25) is 0 Å². The van der Waals surface area contributed by atoms with Crippen molar-refractivity contribution in [3.05, 3.63) is 35.9 Å². The number of carbonyl (C=O) groups excluding carboxylic acids is 1. The van der Waals surface area contributed by atoms with E-state index in [1.807, 2.05) is 43.3 Å². The highest BCUT2D eigenvalue weighted by Gasteiger charge is 2.26. The molecule has 78 valence electrons. The van der Waals surface area contributed by atoms with Gasteiger partial charge in [0.1, 0.15) is 11.4 Å². The third-order valence-electron chi connectivity index (χ3n) is 2.41. The Morgan fingerprint density at radius 2 is 2.27 bits per heavy atom. The van der Waals surface area contributed by atoms with E-state index in [1.54, 1.807) is 0 Å². The summed E-state index contributed by atoms with van der Waals surface area (Å²) in [7, 11) is 0. The molecule has 1 atom stereocenters. The summed E-state index contributed by atoms with van der Waals surface area (Å²) in [5, 5.41) is 2.63. The van der Waals surface area contributed by atoms with Crippen molar-refractivity contribution in [2.75, 3.05) is 6.54 Å². The average Bonchev–Trinajstić information content (AvgIpc) is 2.26. The second-order valence-corrected chi connectivity index (χ2v) is 3.78. The van der Waals surface area contributed by atoms with Crippen molar-refractivity contribution in [1.29, 1.82) is 0 Å². The number of nitrogens with one attached hydrogen (secondary N) is 1. The second-order valence-electron chi connectivity index (χ2n) is 3.78. The van der Waals surface area contributed by atoms with E-state index in [4.69, 9.17) is 4.74 Å². The first-order valence-electron chi connectivity index (χ1n) is 4.88. The maximum Gasteiger partial charge on any atom is 0.207 e. The first kappa shape index (κ1) is 9.77. The van der Waals surface area contributed by atoms with Gasteiger partial charge in [0.2, 0.25) is 6.41 Å². The zero-order valence-corrected chi connectivity index (χ0v) is 8.57. The first-order chi connectivity index (χ1) is 7.23. The summed E-state index contributed by atoms with van der Waals surface area (Å²) in [5.41, 5.74) is 0.621. The molecule has 1 amide bonds. The number of ether oxygens (including phenoxy) is 1. The van der Waals surface area contributed by atoms with Gasteiger partial charge in [-0.25, -0.2) is 0 Å². The Bertz CT molecular complexity index is 400. The molecule has 1 N–H and O–H groups in total. The van der Waals surface area contributed by atoms with E-state index in [1.165, 1.54) is 0 Å². The van der Waals surface area contributed by atoms with Gasteiger partial charge in [-0.3, -0.25) is 4.79 Å². The third-order valence-corrected chi connectivity index (χ3v) is 2.41. The largest absolute Gasteiger partial charge is 0.481 e. The highest BCUT2D eigenvalue weighted by atomic mass is 16.5. The summed E-state index contributed by atoms with van der Waals surface area (Å²) in [4.78, 5) is 10.2. The van der Waals surface area contributed by atoms with Gasteiger partial charge in [-0.15, -0.1) is 0 Å². The van der Waals surface area contributed by atoms with Crippen molar-refractivity contribution >= 4 is 12.5 Å². The topological polar surface area (TPSA) is 38.3 Å². The molecule has 0 radical (unpaired) electrons. The summed E-state index contributed by atoms with van der Waals surface area (Å²) in [6.45, 7) is 2.41. The van der Waals surface area contributed by atoms with Crippen LogP contribution in [0.3, 0.4) is 0 Å². The molecule has 0 aliphatic carbocycles. The van der Waals surface area contributed by atoms with Gasteiger partial charge in [0.05, 0.1) is 6.54 Å². The molecule has 0 bridgehead atoms. The molecule has 15 heavy (non-hydrogen) atoms. The fourth-order valence-electron chi connectivity index (χ4n) is 1.60. The molecular weight excluding hydrogens is 190 g/mol. The first-order valence-corrected chi connectivity index (χ1v) is 4.88. The van der Waals surface area contributed by atoms with Crippen molar-refractivity contribution in [2.24, 2.45) is 0 Å². The Hall–Kier alpha value is -1.77. The molecule has 0 fully saturated rings. The third kappa shape index (κ3) is 2.01. The smallest absolute Gasteiger partial charge is 0.207 e. The molecule has 2 rings (SSSR count). The molecular formula is C12H13NO2. The van der Waals surface area contributed by atoms with Crippen LogP contribution in [0.4, 0.5) is 0 Å². The normalized spacial score (nSPS) is 22.7. The van der Waals surface area contributed by atoms with Crippen molar-refractivity contribution in [3.8, 4) is 5.75 Å². The van der Waals surface area contributed by atoms with Gasteiger partial charge in [-0.05, 0) is 19.1 Å². The minimum Gasteiger partial charge on any atom is -0.481 e. The minimum absolute atomic E-state index is 0.449. The zero-order valence-electron chi connectivity index (χ0n) is 8.57. The van der Waals surface area contributed by atoms with Crippen LogP contribution in [-0.4, -0.2) is 18.6 Å². The molecule has 1 aromatic rings. The quantitative estimate of drug-likeness (QED) is 0.758. The number of carbonyl (C=O) groups is 1. The highest BCUT2D eigenvalue weighted by Crippen LogP contribution is 2.29. The predicted molar refractivity (Wildman–Crippen MR) is 58.6 cm³/mol. The molecule has 1 aromatic carbocycles. The number of benzene rings is 1. The number of hydrogen-bond acceptors (Lipinski definition) is 2. The lowest BCUT2D eigenvalue weighted by Gasteiger charge is -2.31. The van der Waals surface area contributed by atoms with E-state index in [9.17, 15) is 4.79 Å². The Kier molecular flexibility index (Phi) is 2.46. The molecule has 0 spiro atoms. The van der Waals surface area contributed by atoms with Crippen molar-refractivity contribution in [1.82, 2.24) is 5.32 Å². The van der Waals surface area contributed by atoms with Gasteiger partial charge in [-0.2, -0.15) is 0 Å². The van der Waals surface area contributed by atoms with E-state index in [2.05, 4.69) is 5.32 Å². The highest BCUT2D eigenvalue weighted by molar-refractivity contribution is 5.61. The maximum absolute atomic E-state index is 10.2. The molecule has 0 saturated carbocycles. The number of hydrogen-bond donors (Lipinski definition) is 1. The van der Waals surface area contributed by atoms with Crippen molar-refractivity contribution in [2.45, 2.75) is 12.5 Å². The van der Waals surface area contributed by atoms with Crippen LogP contribution < -0.4 is 10.1 Å². The predicted octanol–water partition coefficient (Wildman–Crippen LogP) is 1.60. The van der Waals surface area contributed by atoms with Crippen LogP contribution >= 0.6 is 0 Å². The summed E-state index contributed by atoms with van der Waals surface area (Å²) in [6.07, 6.45) is 4.67. The van der Waals surface area contributed by atoms with Crippen molar-refractivity contribution in [3.63, 3.8) is 0 Å². The fourth-order valence-corrected chi connectivity index (χ4v) is 1.60. The van der Waals surface area contributed by atoms with Gasteiger partial charge >= 0.3 is 0 Å². The number of fused-ring (bicyclic) bond motifs is 1. The zero-order chi connectivity index (χ0) is 10.7. The molecule has 3 nitrogen and oxygen atoms in total. The fraction of sp³-hybridized carbons (Fsp3) is 0.250. The summed E-state index contributed by atoms with van der Waals surface area (Å²) >= 11 is 0. The maximum atomic E-state index is 10.2. The Labute approximate surface area is 88.8 Å². The van der Waals surface area contributed by atoms with Crippen LogP contribution in [0, 0.1) is 0 Å². The SMILES string of the molecule is CC1(CNC=O)C=Cc2ccccc2O1. The van der Waals surface area contributed by atoms with E-state index in [0.717, 1.165) is 11.3 Å². The lowest BCUT2D eigenvalue weighted by Crippen LogP contribution is -2.42. The Morgan fingerprint density at radius 3 is 3.07 bits per heavy atom. The lowest BCUT2D eigenvalue weighted by molar-refractivity contribution is -0.110. The molecule has 1 aliphatic heterocycles. The second kappa shape index (κ2) is 3.77. The average molecular weight is 203 g/mol. The van der Waals surface area contributed by atoms with E-state index in [0.29, 0.717) is 13.0 Å². The standard InChI is InChI=1S/C12H13NO2/c1-12(8-13-9-14)7-6-10-4-2-3-5-11(10)15-12/h2-7,9H,8H2,1H3,(H,13,14). The molecule has 1 aliphatic rings. The van der Waals surface area contributed by atoms with Gasteiger partial charge in [0.25, 0.3) is 0 Å². The lowest BCUT2D eigenvalue weighted by atomic mass is 10.0. The van der Waals surface area contributed by atoms with E-state index >= 15 is 0 Å². The minimum atomic E-state index is -0.449. The van der Waals surface area contributed by atoms with Gasteiger partial charge < -0.3 is 10.1 Å².